The van der Waals surface area contributed by atoms with Crippen molar-refractivity contribution in [2.45, 2.75) is 45.3 Å². The quantitative estimate of drug-likeness (QED) is 0.618. The summed E-state index contributed by atoms with van der Waals surface area (Å²) in [6, 6.07) is 5.02. The number of nitrogens with zero attached hydrogens (tertiary/aromatic N) is 3. The van der Waals surface area contributed by atoms with Crippen LogP contribution in [0.3, 0.4) is 0 Å². The van der Waals surface area contributed by atoms with Gasteiger partial charge in [0.05, 0.1) is 0 Å². The maximum absolute atomic E-state index is 13.7. The van der Waals surface area contributed by atoms with Crippen molar-refractivity contribution in [1.29, 1.82) is 5.26 Å². The second-order valence-electron chi connectivity index (χ2n) is 7.79. The third-order valence-corrected chi connectivity index (χ3v) is 9.55. The molecule has 0 unspecified atom stereocenters. The highest BCUT2D eigenvalue weighted by atomic mass is 28.4. The molecule has 1 aliphatic heterocycles. The maximum Gasteiger partial charge on any atom is 0.232 e. The number of anilines is 1. The Morgan fingerprint density at radius 2 is 2.13 bits per heavy atom. The summed E-state index contributed by atoms with van der Waals surface area (Å²) in [6.45, 7) is 13.7. The summed E-state index contributed by atoms with van der Waals surface area (Å²) in [4.78, 5) is 5.99. The van der Waals surface area contributed by atoms with Crippen LogP contribution in [0, 0.1) is 23.2 Å². The zero-order valence-electron chi connectivity index (χ0n) is 14.7. The molecule has 0 spiro atoms. The van der Waals surface area contributed by atoms with E-state index < -0.39 is 14.3 Å². The van der Waals surface area contributed by atoms with E-state index in [4.69, 9.17) is 9.69 Å². The third kappa shape index (κ3) is 4.09. The Hall–Kier alpha value is -1.45. The lowest BCUT2D eigenvalue weighted by molar-refractivity contribution is 0.238. The Morgan fingerprint density at radius 3 is 2.70 bits per heavy atom. The van der Waals surface area contributed by atoms with Crippen molar-refractivity contribution in [1.82, 2.24) is 4.98 Å². The van der Waals surface area contributed by atoms with Crippen LogP contribution in [0.15, 0.2) is 12.1 Å². The Labute approximate surface area is 139 Å². The Balaban J connectivity index is 1.94. The molecule has 1 aliphatic rings. The largest absolute Gasteiger partial charge is 0.416 e. The molecule has 0 radical (unpaired) electrons. The molecule has 1 aromatic heterocycles. The van der Waals surface area contributed by atoms with Crippen LogP contribution in [0.4, 0.5) is 10.2 Å². The first-order valence-electron chi connectivity index (χ1n) is 8.09. The van der Waals surface area contributed by atoms with E-state index in [1.165, 1.54) is 6.07 Å². The van der Waals surface area contributed by atoms with E-state index >= 15 is 0 Å². The average Bonchev–Trinajstić information content (AvgIpc) is 2.93. The summed E-state index contributed by atoms with van der Waals surface area (Å²) in [7, 11) is -1.73. The number of pyridine rings is 1. The smallest absolute Gasteiger partial charge is 0.232 e. The maximum atomic E-state index is 13.7. The van der Waals surface area contributed by atoms with Gasteiger partial charge in [-0.05, 0) is 36.7 Å². The molecule has 126 valence electrons. The lowest BCUT2D eigenvalue weighted by Crippen LogP contribution is -2.42. The molecule has 0 aromatic carbocycles. The molecular formula is C17H26FN3OSi. The van der Waals surface area contributed by atoms with Crippen LogP contribution in [0.1, 0.15) is 32.8 Å². The van der Waals surface area contributed by atoms with Gasteiger partial charge in [-0.1, -0.05) is 20.8 Å². The van der Waals surface area contributed by atoms with E-state index in [1.54, 1.807) is 12.1 Å². The SMILES string of the molecule is CC(C)(C)[Si](C)(C)OC[C@@H]1CCN(c2ccc(C#N)c(F)n2)C1. The van der Waals surface area contributed by atoms with Crippen molar-refractivity contribution in [3.63, 3.8) is 0 Å². The molecule has 0 N–H and O–H groups in total. The van der Waals surface area contributed by atoms with Crippen LogP contribution in [0.25, 0.3) is 0 Å². The standard InChI is InChI=1S/C17H26FN3OSi/c1-17(2,3)23(4,5)22-12-13-8-9-21(11-13)15-7-6-14(10-19)16(18)20-15/h6-7,13H,8-9,11-12H2,1-5H3/t13-/m1/s1. The zero-order valence-corrected chi connectivity index (χ0v) is 15.7. The summed E-state index contributed by atoms with van der Waals surface area (Å²) in [6.07, 6.45) is 1.03. The number of nitriles is 1. The molecule has 1 fully saturated rings. The normalized spacial score (nSPS) is 19.0. The summed E-state index contributed by atoms with van der Waals surface area (Å²) in [5.74, 6) is 0.368. The molecular weight excluding hydrogens is 309 g/mol. The van der Waals surface area contributed by atoms with Gasteiger partial charge in [0.25, 0.3) is 0 Å². The molecule has 1 saturated heterocycles. The molecule has 0 amide bonds. The summed E-state index contributed by atoms with van der Waals surface area (Å²) in [5.41, 5.74) is -0.00856. The highest BCUT2D eigenvalue weighted by Crippen LogP contribution is 2.37. The van der Waals surface area contributed by atoms with Gasteiger partial charge in [-0.25, -0.2) is 4.98 Å². The fourth-order valence-electron chi connectivity index (χ4n) is 2.40. The van der Waals surface area contributed by atoms with Crippen molar-refractivity contribution in [3.8, 4) is 6.07 Å². The molecule has 2 heterocycles. The van der Waals surface area contributed by atoms with E-state index in [9.17, 15) is 4.39 Å². The molecule has 4 nitrogen and oxygen atoms in total. The highest BCUT2D eigenvalue weighted by Gasteiger charge is 2.38. The minimum Gasteiger partial charge on any atom is -0.416 e. The average molecular weight is 335 g/mol. The first-order chi connectivity index (χ1) is 10.6. The lowest BCUT2D eigenvalue weighted by Gasteiger charge is -2.37. The monoisotopic (exact) mass is 335 g/mol. The molecule has 2 rings (SSSR count). The van der Waals surface area contributed by atoms with Gasteiger partial charge in [0.1, 0.15) is 17.5 Å². The molecule has 0 saturated carbocycles. The van der Waals surface area contributed by atoms with Crippen molar-refractivity contribution >= 4 is 14.1 Å². The van der Waals surface area contributed by atoms with Gasteiger partial charge < -0.3 is 9.33 Å². The Kier molecular flexibility index (Phi) is 5.12. The summed E-state index contributed by atoms with van der Waals surface area (Å²) < 4.78 is 20.0. The fourth-order valence-corrected chi connectivity index (χ4v) is 3.49. The van der Waals surface area contributed by atoms with Gasteiger partial charge in [0.2, 0.25) is 5.95 Å². The highest BCUT2D eigenvalue weighted by molar-refractivity contribution is 6.74. The second-order valence-corrected chi connectivity index (χ2v) is 12.6. The first kappa shape index (κ1) is 17.9. The number of hydrogen-bond donors (Lipinski definition) is 0. The second kappa shape index (κ2) is 6.58. The Bertz CT molecular complexity index is 607. The van der Waals surface area contributed by atoms with Gasteiger partial charge >= 0.3 is 0 Å². The molecule has 23 heavy (non-hydrogen) atoms. The molecule has 0 aliphatic carbocycles. The van der Waals surface area contributed by atoms with Crippen molar-refractivity contribution in [2.24, 2.45) is 5.92 Å². The van der Waals surface area contributed by atoms with Crippen LogP contribution >= 0.6 is 0 Å². The summed E-state index contributed by atoms with van der Waals surface area (Å²) in [5, 5.41) is 8.98. The van der Waals surface area contributed by atoms with Crippen LogP contribution in [-0.4, -0.2) is 33.0 Å². The van der Waals surface area contributed by atoms with Gasteiger partial charge in [-0.2, -0.15) is 9.65 Å². The minimum absolute atomic E-state index is 0.00856. The number of halogens is 1. The van der Waals surface area contributed by atoms with E-state index in [-0.39, 0.29) is 10.6 Å². The number of hydrogen-bond acceptors (Lipinski definition) is 4. The van der Waals surface area contributed by atoms with E-state index in [0.29, 0.717) is 11.7 Å². The summed E-state index contributed by atoms with van der Waals surface area (Å²) >= 11 is 0. The van der Waals surface area contributed by atoms with Gasteiger partial charge in [0.15, 0.2) is 8.32 Å². The fraction of sp³-hybridized carbons (Fsp3) is 0.647. The first-order valence-corrected chi connectivity index (χ1v) is 11.0. The zero-order chi connectivity index (χ0) is 17.3. The van der Waals surface area contributed by atoms with Crippen molar-refractivity contribution < 1.29 is 8.82 Å². The van der Waals surface area contributed by atoms with Crippen molar-refractivity contribution in [3.05, 3.63) is 23.6 Å². The molecule has 0 bridgehead atoms. The topological polar surface area (TPSA) is 49.1 Å². The van der Waals surface area contributed by atoms with E-state index in [0.717, 1.165) is 26.1 Å². The third-order valence-electron chi connectivity index (χ3n) is 5.05. The predicted octanol–water partition coefficient (Wildman–Crippen LogP) is 3.94. The van der Waals surface area contributed by atoms with E-state index in [1.807, 2.05) is 0 Å². The molecule has 1 atom stereocenters. The number of aromatic nitrogens is 1. The molecule has 1 aromatic rings. The van der Waals surface area contributed by atoms with Crippen LogP contribution in [0.5, 0.6) is 0 Å². The molecule has 6 heteroatoms. The van der Waals surface area contributed by atoms with Gasteiger partial charge in [-0.3, -0.25) is 0 Å². The van der Waals surface area contributed by atoms with E-state index in [2.05, 4.69) is 43.7 Å². The van der Waals surface area contributed by atoms with Crippen molar-refractivity contribution in [2.75, 3.05) is 24.6 Å². The Morgan fingerprint density at radius 1 is 1.43 bits per heavy atom. The minimum atomic E-state index is -1.73. The van der Waals surface area contributed by atoms with Crippen LogP contribution < -0.4 is 4.90 Å². The number of rotatable bonds is 4. The van der Waals surface area contributed by atoms with Gasteiger partial charge in [-0.15, -0.1) is 0 Å². The lowest BCUT2D eigenvalue weighted by atomic mass is 10.1. The predicted molar refractivity (Wildman–Crippen MR) is 92.4 cm³/mol. The van der Waals surface area contributed by atoms with Crippen LogP contribution in [0.2, 0.25) is 18.1 Å². The van der Waals surface area contributed by atoms with Crippen LogP contribution in [-0.2, 0) is 4.43 Å². The van der Waals surface area contributed by atoms with Gasteiger partial charge in [0, 0.05) is 25.6 Å².